The number of carbonyl (C=O) groups is 1. The van der Waals surface area contributed by atoms with Crippen LogP contribution in [0.4, 0.5) is 29.9 Å². The number of hydrogen-bond donors (Lipinski definition) is 3. The Hall–Kier alpha value is -2.37. The highest BCUT2D eigenvalue weighted by Gasteiger charge is 2.29. The molecule has 0 bridgehead atoms. The summed E-state index contributed by atoms with van der Waals surface area (Å²) in [5.74, 6) is -0.608. The number of nitrogens with two attached hydrogens (primary N) is 1. The molecule has 0 radical (unpaired) electrons. The van der Waals surface area contributed by atoms with E-state index in [9.17, 15) is 18.0 Å². The summed E-state index contributed by atoms with van der Waals surface area (Å²) in [6.45, 7) is -2.13. The lowest BCUT2D eigenvalue weighted by Gasteiger charge is -2.15. The minimum absolute atomic E-state index is 0.205. The zero-order chi connectivity index (χ0) is 15.3. The summed E-state index contributed by atoms with van der Waals surface area (Å²) in [5, 5.41) is 10.9. The Morgan fingerprint density at radius 1 is 1.45 bits per heavy atom. The van der Waals surface area contributed by atoms with Gasteiger partial charge in [-0.2, -0.15) is 28.1 Å². The average molecular weight is 296 g/mol. The maximum absolute atomic E-state index is 12.0. The van der Waals surface area contributed by atoms with Gasteiger partial charge in [0.05, 0.1) is 0 Å². The predicted octanol–water partition coefficient (Wildman–Crippen LogP) is -0.311. The Morgan fingerprint density at radius 3 is 2.60 bits per heavy atom. The number of halogens is 3. The second kappa shape index (κ2) is 6.18. The summed E-state index contributed by atoms with van der Waals surface area (Å²) < 4.78 is 40.5. The minimum atomic E-state index is -4.58. The van der Waals surface area contributed by atoms with Crippen LogP contribution >= 0.6 is 0 Å². The van der Waals surface area contributed by atoms with Crippen LogP contribution in [-0.2, 0) is 0 Å². The molecule has 2 amide bonds. The molecule has 1 aromatic heterocycles. The maximum Gasteiger partial charge on any atom is 0.422 e. The van der Waals surface area contributed by atoms with Crippen molar-refractivity contribution >= 4 is 17.9 Å². The number of alkyl halides is 3. The number of aliphatic hydroxyl groups excluding tert-OH is 1. The molecule has 112 valence electrons. The van der Waals surface area contributed by atoms with Gasteiger partial charge in [0.15, 0.2) is 6.61 Å². The van der Waals surface area contributed by atoms with Crippen molar-refractivity contribution in [3.05, 3.63) is 0 Å². The van der Waals surface area contributed by atoms with Crippen molar-refractivity contribution < 1.29 is 27.8 Å². The number of ether oxygens (including phenoxy) is 1. The van der Waals surface area contributed by atoms with Crippen LogP contribution in [0.3, 0.4) is 0 Å². The number of carbonyl (C=O) groups excluding carboxylic acids is 1. The molecular weight excluding hydrogens is 285 g/mol. The lowest BCUT2D eigenvalue weighted by Crippen LogP contribution is -2.26. The first-order valence-electron chi connectivity index (χ1n) is 5.05. The van der Waals surface area contributed by atoms with E-state index in [1.807, 2.05) is 5.32 Å². The molecule has 0 aromatic carbocycles. The molecule has 1 heterocycles. The Balaban J connectivity index is 3.00. The highest BCUT2D eigenvalue weighted by atomic mass is 19.4. The Labute approximate surface area is 110 Å². The van der Waals surface area contributed by atoms with Crippen molar-refractivity contribution in [3.63, 3.8) is 0 Å². The van der Waals surface area contributed by atoms with Crippen molar-refractivity contribution in [3.8, 4) is 6.01 Å². The number of anilines is 2. The number of urea groups is 1. The molecule has 0 unspecified atom stereocenters. The van der Waals surface area contributed by atoms with Gasteiger partial charge in [-0.3, -0.25) is 5.32 Å². The van der Waals surface area contributed by atoms with E-state index in [0.29, 0.717) is 0 Å². The van der Waals surface area contributed by atoms with Crippen molar-refractivity contribution in [1.29, 1.82) is 0 Å². The summed E-state index contributed by atoms with van der Waals surface area (Å²) in [7, 11) is 1.36. The number of amides is 2. The molecule has 0 aliphatic heterocycles. The Kier molecular flexibility index (Phi) is 4.85. The van der Waals surface area contributed by atoms with Gasteiger partial charge in [-0.1, -0.05) is 0 Å². The summed E-state index contributed by atoms with van der Waals surface area (Å²) in [6.07, 6.45) is -4.58. The predicted molar refractivity (Wildman–Crippen MR) is 60.1 cm³/mol. The van der Waals surface area contributed by atoms with Crippen molar-refractivity contribution in [1.82, 2.24) is 15.0 Å². The van der Waals surface area contributed by atoms with Crippen LogP contribution in [-0.4, -0.2) is 52.7 Å². The van der Waals surface area contributed by atoms with Gasteiger partial charge in [0.2, 0.25) is 11.9 Å². The van der Waals surface area contributed by atoms with Crippen molar-refractivity contribution in [2.75, 3.05) is 30.6 Å². The third kappa shape index (κ3) is 5.09. The smallest absolute Gasteiger partial charge is 0.422 e. The van der Waals surface area contributed by atoms with E-state index < -0.39 is 37.5 Å². The van der Waals surface area contributed by atoms with Crippen LogP contribution in [0, 0.1) is 0 Å². The normalized spacial score (nSPS) is 11.1. The summed E-state index contributed by atoms with van der Waals surface area (Å²) in [6, 6.07) is -1.69. The maximum atomic E-state index is 12.0. The van der Waals surface area contributed by atoms with E-state index in [1.54, 1.807) is 0 Å². The van der Waals surface area contributed by atoms with Gasteiger partial charge >= 0.3 is 18.2 Å². The first-order valence-corrected chi connectivity index (χ1v) is 5.05. The summed E-state index contributed by atoms with van der Waals surface area (Å²) in [4.78, 5) is 22.4. The zero-order valence-electron chi connectivity index (χ0n) is 10.2. The van der Waals surface area contributed by atoms with Crippen LogP contribution in [0.5, 0.6) is 6.01 Å². The number of rotatable bonds is 5. The van der Waals surface area contributed by atoms with Gasteiger partial charge in [0.1, 0.15) is 6.73 Å². The molecule has 0 fully saturated rings. The van der Waals surface area contributed by atoms with Gasteiger partial charge in [-0.05, 0) is 0 Å². The monoisotopic (exact) mass is 296 g/mol. The molecule has 4 N–H and O–H groups in total. The third-order valence-electron chi connectivity index (χ3n) is 1.76. The largest absolute Gasteiger partial charge is 0.454 e. The molecule has 0 aliphatic rings. The van der Waals surface area contributed by atoms with Crippen LogP contribution in [0.15, 0.2) is 0 Å². The Morgan fingerprint density at radius 2 is 2.10 bits per heavy atom. The fraction of sp³-hybridized carbons (Fsp3) is 0.500. The molecule has 0 saturated carbocycles. The van der Waals surface area contributed by atoms with E-state index in [2.05, 4.69) is 19.7 Å². The lowest BCUT2D eigenvalue weighted by atomic mass is 10.7. The fourth-order valence-electron chi connectivity index (χ4n) is 0.957. The number of aromatic nitrogens is 3. The van der Waals surface area contributed by atoms with Gasteiger partial charge in [-0.15, -0.1) is 0 Å². The molecule has 12 heteroatoms. The summed E-state index contributed by atoms with van der Waals surface area (Å²) in [5.41, 5.74) is 4.84. The minimum Gasteiger partial charge on any atom is -0.454 e. The van der Waals surface area contributed by atoms with E-state index >= 15 is 0 Å². The van der Waals surface area contributed by atoms with E-state index in [0.717, 1.165) is 4.90 Å². The second-order valence-electron chi connectivity index (χ2n) is 3.47. The van der Waals surface area contributed by atoms with E-state index in [4.69, 9.17) is 10.8 Å². The van der Waals surface area contributed by atoms with Crippen LogP contribution in [0.1, 0.15) is 0 Å². The van der Waals surface area contributed by atoms with Gasteiger partial charge < -0.3 is 20.5 Å². The number of nitrogens with one attached hydrogen (secondary N) is 1. The lowest BCUT2D eigenvalue weighted by molar-refractivity contribution is -0.154. The molecule has 0 aliphatic carbocycles. The highest BCUT2D eigenvalue weighted by Crippen LogP contribution is 2.18. The molecule has 9 nitrogen and oxygen atoms in total. The van der Waals surface area contributed by atoms with E-state index in [-0.39, 0.29) is 5.95 Å². The van der Waals surface area contributed by atoms with Gasteiger partial charge in [-0.25, -0.2) is 4.79 Å². The van der Waals surface area contributed by atoms with Gasteiger partial charge in [0, 0.05) is 7.05 Å². The SMILES string of the molecule is CN(CO)c1nc(NC(N)=O)nc(OCC(F)(F)F)n1. The van der Waals surface area contributed by atoms with Crippen LogP contribution in [0.2, 0.25) is 0 Å². The average Bonchev–Trinajstić information content (AvgIpc) is 2.33. The first kappa shape index (κ1) is 15.7. The molecule has 0 spiro atoms. The highest BCUT2D eigenvalue weighted by molar-refractivity contribution is 5.85. The zero-order valence-corrected chi connectivity index (χ0v) is 10.2. The number of primary amides is 1. The number of hydrogen-bond acceptors (Lipinski definition) is 7. The van der Waals surface area contributed by atoms with Crippen molar-refractivity contribution in [2.24, 2.45) is 5.73 Å². The number of aliphatic hydroxyl groups is 1. The molecule has 0 saturated heterocycles. The van der Waals surface area contributed by atoms with E-state index in [1.165, 1.54) is 7.05 Å². The number of nitrogens with zero attached hydrogens (tertiary/aromatic N) is 4. The quantitative estimate of drug-likeness (QED) is 0.636. The molecular formula is C8H11F3N6O3. The first-order chi connectivity index (χ1) is 9.21. The summed E-state index contributed by atoms with van der Waals surface area (Å²) >= 11 is 0. The second-order valence-corrected chi connectivity index (χ2v) is 3.47. The molecule has 1 rings (SSSR count). The topological polar surface area (TPSA) is 126 Å². The molecule has 1 aromatic rings. The van der Waals surface area contributed by atoms with Gasteiger partial charge in [0.25, 0.3) is 0 Å². The van der Waals surface area contributed by atoms with Crippen molar-refractivity contribution in [2.45, 2.75) is 6.18 Å². The standard InChI is InChI=1S/C8H11F3N6O3/c1-17(3-18)6-14-5(13-4(12)19)15-7(16-6)20-2-8(9,10)11/h18H,2-3H2,1H3,(H3,12,13,14,15,16,19). The fourth-order valence-corrected chi connectivity index (χ4v) is 0.957. The third-order valence-corrected chi connectivity index (χ3v) is 1.76. The van der Waals surface area contributed by atoms with Crippen LogP contribution < -0.4 is 20.7 Å². The molecule has 0 atom stereocenters. The Bertz CT molecular complexity index is 483. The van der Waals surface area contributed by atoms with Crippen LogP contribution in [0.25, 0.3) is 0 Å². The molecule has 20 heavy (non-hydrogen) atoms.